The molecule has 0 aliphatic heterocycles. The first-order valence-corrected chi connectivity index (χ1v) is 8.24. The number of hydrogen-bond acceptors (Lipinski definition) is 3. The number of carbonyl (C=O) groups excluding carboxylic acids is 1. The van der Waals surface area contributed by atoms with Gasteiger partial charge in [-0.15, -0.1) is 0 Å². The first kappa shape index (κ1) is 15.5. The number of rotatable bonds is 4. The van der Waals surface area contributed by atoms with Crippen molar-refractivity contribution in [2.75, 3.05) is 7.11 Å². The second kappa shape index (κ2) is 6.79. The van der Waals surface area contributed by atoms with Crippen LogP contribution in [0.2, 0.25) is 0 Å². The van der Waals surface area contributed by atoms with E-state index < -0.39 is 0 Å². The van der Waals surface area contributed by atoms with E-state index in [1.54, 1.807) is 7.11 Å². The lowest BCUT2D eigenvalue weighted by Gasteiger charge is -2.01. The molecule has 3 aromatic rings. The van der Waals surface area contributed by atoms with Crippen LogP contribution in [0.1, 0.15) is 12.0 Å². The van der Waals surface area contributed by atoms with E-state index in [0.29, 0.717) is 12.8 Å². The fraction of sp³-hybridized carbons (Fsp3) is 0.222. The van der Waals surface area contributed by atoms with E-state index in [4.69, 9.17) is 4.74 Å². The molecule has 0 bridgehead atoms. The van der Waals surface area contributed by atoms with Crippen molar-refractivity contribution in [2.45, 2.75) is 12.8 Å². The minimum Gasteiger partial charge on any atom is -0.497 e. The molecule has 0 spiro atoms. The van der Waals surface area contributed by atoms with Crippen LogP contribution < -0.4 is 9.54 Å². The summed E-state index contributed by atoms with van der Waals surface area (Å²) in [6.07, 6.45) is 1.08. The zero-order valence-corrected chi connectivity index (χ0v) is 14.0. The minimum atomic E-state index is -0.0945. The number of aromatic nitrogens is 1. The second-order valence-corrected chi connectivity index (χ2v) is 6.27. The van der Waals surface area contributed by atoms with Gasteiger partial charge in [0.25, 0.3) is 0 Å². The summed E-state index contributed by atoms with van der Waals surface area (Å²) >= 11 is 1.54. The third kappa shape index (κ3) is 3.51. The van der Waals surface area contributed by atoms with Crippen LogP contribution in [0.15, 0.2) is 53.5 Å². The average molecular weight is 326 g/mol. The van der Waals surface area contributed by atoms with E-state index in [2.05, 4.69) is 4.99 Å². The van der Waals surface area contributed by atoms with E-state index in [1.165, 1.54) is 11.3 Å². The van der Waals surface area contributed by atoms with Crippen molar-refractivity contribution in [3.8, 4) is 5.75 Å². The summed E-state index contributed by atoms with van der Waals surface area (Å²) in [6, 6.07) is 15.8. The molecule has 2 aromatic carbocycles. The van der Waals surface area contributed by atoms with E-state index >= 15 is 0 Å². The fourth-order valence-electron chi connectivity index (χ4n) is 2.39. The Labute approximate surface area is 138 Å². The molecule has 4 nitrogen and oxygen atoms in total. The number of amides is 1. The normalized spacial score (nSPS) is 11.8. The molecular formula is C18H18N2O2S. The van der Waals surface area contributed by atoms with E-state index in [0.717, 1.165) is 26.3 Å². The van der Waals surface area contributed by atoms with Crippen LogP contribution in [-0.4, -0.2) is 17.6 Å². The Morgan fingerprint density at radius 1 is 1.17 bits per heavy atom. The molecule has 0 saturated carbocycles. The maximum Gasteiger partial charge on any atom is 0.248 e. The summed E-state index contributed by atoms with van der Waals surface area (Å²) < 4.78 is 8.23. The quantitative estimate of drug-likeness (QED) is 0.738. The lowest BCUT2D eigenvalue weighted by molar-refractivity contribution is -0.118. The minimum absolute atomic E-state index is 0.0945. The highest BCUT2D eigenvalue weighted by molar-refractivity contribution is 7.16. The summed E-state index contributed by atoms with van der Waals surface area (Å²) in [6.45, 7) is 0. The number of nitrogens with zero attached hydrogens (tertiary/aromatic N) is 2. The van der Waals surface area contributed by atoms with Gasteiger partial charge in [0.2, 0.25) is 5.91 Å². The van der Waals surface area contributed by atoms with Crippen molar-refractivity contribution < 1.29 is 9.53 Å². The first-order valence-electron chi connectivity index (χ1n) is 7.42. The van der Waals surface area contributed by atoms with Crippen LogP contribution in [0.5, 0.6) is 5.75 Å². The van der Waals surface area contributed by atoms with Crippen LogP contribution in [0.3, 0.4) is 0 Å². The zero-order valence-electron chi connectivity index (χ0n) is 13.2. The Bertz CT molecular complexity index is 891. The van der Waals surface area contributed by atoms with Crippen molar-refractivity contribution in [2.24, 2.45) is 12.0 Å². The Morgan fingerprint density at radius 2 is 1.91 bits per heavy atom. The van der Waals surface area contributed by atoms with Crippen molar-refractivity contribution in [1.29, 1.82) is 0 Å². The number of benzene rings is 2. The molecule has 3 rings (SSSR count). The smallest absolute Gasteiger partial charge is 0.248 e. The molecule has 5 heteroatoms. The SMILES string of the molecule is COc1ccc(CCC(=O)N=c2sc3ccccc3n2C)cc1. The predicted octanol–water partition coefficient (Wildman–Crippen LogP) is 3.31. The van der Waals surface area contributed by atoms with Crippen molar-refractivity contribution in [3.63, 3.8) is 0 Å². The molecule has 1 heterocycles. The average Bonchev–Trinajstić information content (AvgIpc) is 2.90. The Hall–Kier alpha value is -2.40. The van der Waals surface area contributed by atoms with Crippen LogP contribution in [0.4, 0.5) is 0 Å². The predicted molar refractivity (Wildman–Crippen MR) is 92.7 cm³/mol. The Balaban J connectivity index is 1.73. The van der Waals surface area contributed by atoms with Crippen LogP contribution in [-0.2, 0) is 18.3 Å². The monoisotopic (exact) mass is 326 g/mol. The molecule has 118 valence electrons. The summed E-state index contributed by atoms with van der Waals surface area (Å²) in [5.41, 5.74) is 2.20. The van der Waals surface area contributed by atoms with Gasteiger partial charge < -0.3 is 9.30 Å². The molecule has 23 heavy (non-hydrogen) atoms. The zero-order chi connectivity index (χ0) is 16.2. The van der Waals surface area contributed by atoms with E-state index in [-0.39, 0.29) is 5.91 Å². The maximum absolute atomic E-state index is 12.1. The summed E-state index contributed by atoms with van der Waals surface area (Å²) in [5, 5.41) is 0. The van der Waals surface area contributed by atoms with Crippen molar-refractivity contribution in [3.05, 3.63) is 58.9 Å². The van der Waals surface area contributed by atoms with Crippen LogP contribution in [0, 0.1) is 0 Å². The molecule has 0 radical (unpaired) electrons. The van der Waals surface area contributed by atoms with E-state index in [9.17, 15) is 4.79 Å². The van der Waals surface area contributed by atoms with Crippen LogP contribution in [0.25, 0.3) is 10.2 Å². The van der Waals surface area contributed by atoms with Crippen molar-refractivity contribution in [1.82, 2.24) is 4.57 Å². The molecule has 0 aliphatic rings. The summed E-state index contributed by atoms with van der Waals surface area (Å²) in [4.78, 5) is 17.1. The van der Waals surface area contributed by atoms with E-state index in [1.807, 2.05) is 60.1 Å². The van der Waals surface area contributed by atoms with Gasteiger partial charge in [-0.1, -0.05) is 35.6 Å². The summed E-state index contributed by atoms with van der Waals surface area (Å²) in [5.74, 6) is 0.727. The lowest BCUT2D eigenvalue weighted by atomic mass is 10.1. The third-order valence-electron chi connectivity index (χ3n) is 3.72. The van der Waals surface area contributed by atoms with Gasteiger partial charge in [0, 0.05) is 13.5 Å². The maximum atomic E-state index is 12.1. The number of fused-ring (bicyclic) bond motifs is 1. The van der Waals surface area contributed by atoms with Gasteiger partial charge in [-0.05, 0) is 36.2 Å². The molecule has 0 unspecified atom stereocenters. The fourth-order valence-corrected chi connectivity index (χ4v) is 3.43. The lowest BCUT2D eigenvalue weighted by Crippen LogP contribution is -2.13. The number of carbonyl (C=O) groups is 1. The number of aryl methyl sites for hydroxylation is 2. The largest absolute Gasteiger partial charge is 0.497 e. The topological polar surface area (TPSA) is 43.6 Å². The van der Waals surface area contributed by atoms with Crippen LogP contribution >= 0.6 is 11.3 Å². The number of hydrogen-bond donors (Lipinski definition) is 0. The van der Waals surface area contributed by atoms with Crippen molar-refractivity contribution >= 4 is 27.5 Å². The Morgan fingerprint density at radius 3 is 2.61 bits per heavy atom. The molecule has 0 fully saturated rings. The number of ether oxygens (including phenoxy) is 1. The van der Waals surface area contributed by atoms with Gasteiger partial charge in [0.05, 0.1) is 17.3 Å². The molecule has 0 atom stereocenters. The Kier molecular flexibility index (Phi) is 4.57. The second-order valence-electron chi connectivity index (χ2n) is 5.26. The third-order valence-corrected chi connectivity index (χ3v) is 4.83. The first-order chi connectivity index (χ1) is 11.2. The highest BCUT2D eigenvalue weighted by Gasteiger charge is 2.05. The standard InChI is InChI=1S/C18H18N2O2S/c1-20-15-5-3-4-6-16(15)23-18(20)19-17(21)12-9-13-7-10-14(22-2)11-8-13/h3-8,10-11H,9,12H2,1-2H3. The van der Waals surface area contributed by atoms with Gasteiger partial charge in [-0.25, -0.2) is 0 Å². The van der Waals surface area contributed by atoms with Gasteiger partial charge in [-0.2, -0.15) is 4.99 Å². The molecule has 0 saturated heterocycles. The molecular weight excluding hydrogens is 308 g/mol. The summed E-state index contributed by atoms with van der Waals surface area (Å²) in [7, 11) is 3.58. The van der Waals surface area contributed by atoms with Gasteiger partial charge in [0.1, 0.15) is 5.75 Å². The highest BCUT2D eigenvalue weighted by atomic mass is 32.1. The molecule has 0 aliphatic carbocycles. The number of thiazole rings is 1. The van der Waals surface area contributed by atoms with Gasteiger partial charge >= 0.3 is 0 Å². The van der Waals surface area contributed by atoms with Gasteiger partial charge in [0.15, 0.2) is 4.80 Å². The number of para-hydroxylation sites is 1. The molecule has 1 amide bonds. The highest BCUT2D eigenvalue weighted by Crippen LogP contribution is 2.15. The molecule has 1 aromatic heterocycles. The van der Waals surface area contributed by atoms with Gasteiger partial charge in [-0.3, -0.25) is 4.79 Å². The molecule has 0 N–H and O–H groups in total. The number of methoxy groups -OCH3 is 1.